The highest BCUT2D eigenvalue weighted by Crippen LogP contribution is 2.32. The van der Waals surface area contributed by atoms with Crippen LogP contribution < -0.4 is 0 Å². The second-order valence-electron chi connectivity index (χ2n) is 7.50. The van der Waals surface area contributed by atoms with Gasteiger partial charge in [0.1, 0.15) is 35.3 Å². The lowest BCUT2D eigenvalue weighted by Crippen LogP contribution is -2.05. The SMILES string of the molecule is C=Cc1cnc2c3ncc(C=C)cc3n(-c3cc(-n4ccnc4)nc(-n4ccnc4)c3)c2c1. The molecule has 6 rings (SSSR count). The van der Waals surface area contributed by atoms with E-state index in [-0.39, 0.29) is 0 Å². The average Bonchev–Trinajstić information content (AvgIpc) is 3.63. The fourth-order valence-corrected chi connectivity index (χ4v) is 3.95. The highest BCUT2D eigenvalue weighted by molar-refractivity contribution is 6.05. The van der Waals surface area contributed by atoms with Gasteiger partial charge in [0.25, 0.3) is 0 Å². The van der Waals surface area contributed by atoms with Crippen LogP contribution in [0, 0.1) is 0 Å². The lowest BCUT2D eigenvalue weighted by Gasteiger charge is -2.13. The molecule has 0 unspecified atom stereocenters. The van der Waals surface area contributed by atoms with Gasteiger partial charge >= 0.3 is 0 Å². The molecular weight excluding hydrogens is 412 g/mol. The average molecular weight is 430 g/mol. The zero-order valence-corrected chi connectivity index (χ0v) is 17.6. The van der Waals surface area contributed by atoms with Crippen molar-refractivity contribution < 1.29 is 0 Å². The summed E-state index contributed by atoms with van der Waals surface area (Å²) in [6, 6.07) is 8.17. The molecule has 0 aliphatic carbocycles. The van der Waals surface area contributed by atoms with Crippen LogP contribution in [0.25, 0.3) is 51.5 Å². The molecule has 0 bridgehead atoms. The van der Waals surface area contributed by atoms with Gasteiger partial charge in [0.05, 0.1) is 16.7 Å². The summed E-state index contributed by atoms with van der Waals surface area (Å²) in [5.41, 5.74) is 6.24. The van der Waals surface area contributed by atoms with E-state index in [9.17, 15) is 0 Å². The zero-order chi connectivity index (χ0) is 22.4. The number of fused-ring (bicyclic) bond motifs is 3. The molecule has 8 nitrogen and oxygen atoms in total. The molecule has 8 heteroatoms. The third kappa shape index (κ3) is 3.04. The number of rotatable bonds is 5. The molecule has 0 atom stereocenters. The van der Waals surface area contributed by atoms with Crippen LogP contribution in [0.3, 0.4) is 0 Å². The number of hydrogen-bond acceptors (Lipinski definition) is 5. The van der Waals surface area contributed by atoms with Gasteiger partial charge in [-0.2, -0.15) is 0 Å². The summed E-state index contributed by atoms with van der Waals surface area (Å²) in [5.74, 6) is 1.45. The summed E-state index contributed by atoms with van der Waals surface area (Å²) >= 11 is 0. The number of nitrogens with zero attached hydrogens (tertiary/aromatic N) is 8. The predicted octanol–water partition coefficient (Wildman–Crippen LogP) is 4.63. The molecule has 6 aromatic rings. The zero-order valence-electron chi connectivity index (χ0n) is 17.6. The standard InChI is InChI=1S/C25H18N8/c1-3-17-9-20-24(28-13-17)25-21(10-18(4-2)14-29-25)33(20)19-11-22(31-7-5-26-15-31)30-23(12-19)32-8-6-27-16-32/h3-16H,1-2H2. The van der Waals surface area contributed by atoms with E-state index >= 15 is 0 Å². The molecule has 0 fully saturated rings. The number of pyridine rings is 3. The Bertz CT molecular complexity index is 1520. The van der Waals surface area contributed by atoms with Crippen molar-refractivity contribution in [1.29, 1.82) is 0 Å². The summed E-state index contributed by atoms with van der Waals surface area (Å²) in [6.45, 7) is 7.82. The van der Waals surface area contributed by atoms with Crippen molar-refractivity contribution in [1.82, 2.24) is 38.6 Å². The maximum absolute atomic E-state index is 4.82. The minimum Gasteiger partial charge on any atom is -0.306 e. The molecule has 33 heavy (non-hydrogen) atoms. The number of imidazole rings is 2. The Kier molecular flexibility index (Phi) is 4.22. The molecule has 158 valence electrons. The Hall–Kier alpha value is -4.85. The molecule has 0 aliphatic rings. The van der Waals surface area contributed by atoms with Crippen molar-refractivity contribution in [2.24, 2.45) is 0 Å². The Balaban J connectivity index is 1.73. The normalized spacial score (nSPS) is 11.3. The van der Waals surface area contributed by atoms with E-state index in [0.717, 1.165) is 50.5 Å². The third-order valence-corrected chi connectivity index (χ3v) is 5.53. The smallest absolute Gasteiger partial charge is 0.142 e. The van der Waals surface area contributed by atoms with E-state index in [4.69, 9.17) is 15.0 Å². The summed E-state index contributed by atoms with van der Waals surface area (Å²) in [5, 5.41) is 0. The van der Waals surface area contributed by atoms with Crippen molar-refractivity contribution in [3.05, 3.63) is 98.4 Å². The quantitative estimate of drug-likeness (QED) is 0.399. The molecule has 0 amide bonds. The maximum atomic E-state index is 4.82. The minimum atomic E-state index is 0.726. The molecule has 6 heterocycles. The molecule has 0 saturated heterocycles. The first-order valence-electron chi connectivity index (χ1n) is 10.3. The van der Waals surface area contributed by atoms with E-state index < -0.39 is 0 Å². The Morgan fingerprint density at radius 2 is 1.21 bits per heavy atom. The van der Waals surface area contributed by atoms with E-state index in [0.29, 0.717) is 0 Å². The third-order valence-electron chi connectivity index (χ3n) is 5.53. The van der Waals surface area contributed by atoms with Crippen molar-refractivity contribution in [3.8, 4) is 17.3 Å². The lowest BCUT2D eigenvalue weighted by atomic mass is 10.2. The Morgan fingerprint density at radius 1 is 0.697 bits per heavy atom. The van der Waals surface area contributed by atoms with Crippen molar-refractivity contribution >= 4 is 34.2 Å². The first kappa shape index (κ1) is 18.9. The van der Waals surface area contributed by atoms with Crippen LogP contribution in [-0.2, 0) is 0 Å². The van der Waals surface area contributed by atoms with Crippen LogP contribution >= 0.6 is 0 Å². The Morgan fingerprint density at radius 3 is 1.64 bits per heavy atom. The second-order valence-corrected chi connectivity index (χ2v) is 7.50. The van der Waals surface area contributed by atoms with Gasteiger partial charge in [-0.1, -0.05) is 25.3 Å². The highest BCUT2D eigenvalue weighted by atomic mass is 15.2. The fraction of sp³-hybridized carbons (Fsp3) is 0. The lowest BCUT2D eigenvalue weighted by molar-refractivity contribution is 0.926. The molecule has 0 N–H and O–H groups in total. The summed E-state index contributed by atoms with van der Waals surface area (Å²) in [6.07, 6.45) is 17.8. The van der Waals surface area contributed by atoms with Crippen LogP contribution in [0.2, 0.25) is 0 Å². The summed E-state index contributed by atoms with van der Waals surface area (Å²) < 4.78 is 5.89. The molecule has 6 aromatic heterocycles. The van der Waals surface area contributed by atoms with Crippen molar-refractivity contribution in [2.45, 2.75) is 0 Å². The maximum Gasteiger partial charge on any atom is 0.142 e. The minimum absolute atomic E-state index is 0.726. The van der Waals surface area contributed by atoms with Crippen molar-refractivity contribution in [2.75, 3.05) is 0 Å². The van der Waals surface area contributed by atoms with Gasteiger partial charge in [-0.05, 0) is 23.3 Å². The van der Waals surface area contributed by atoms with Crippen LogP contribution in [-0.4, -0.2) is 38.6 Å². The first-order valence-corrected chi connectivity index (χ1v) is 10.3. The topological polar surface area (TPSA) is 79.2 Å². The van der Waals surface area contributed by atoms with Gasteiger partial charge in [0.15, 0.2) is 0 Å². The van der Waals surface area contributed by atoms with Gasteiger partial charge in [0.2, 0.25) is 0 Å². The van der Waals surface area contributed by atoms with Gasteiger partial charge < -0.3 is 4.57 Å². The van der Waals surface area contributed by atoms with E-state index in [1.54, 1.807) is 37.2 Å². The van der Waals surface area contributed by atoms with Gasteiger partial charge in [-0.3, -0.25) is 19.1 Å². The molecule has 0 radical (unpaired) electrons. The van der Waals surface area contributed by atoms with E-state index in [1.165, 1.54) is 0 Å². The first-order chi connectivity index (χ1) is 16.2. The molecule has 0 aromatic carbocycles. The second kappa shape index (κ2) is 7.38. The monoisotopic (exact) mass is 430 g/mol. The van der Waals surface area contributed by atoms with Crippen LogP contribution in [0.1, 0.15) is 11.1 Å². The summed E-state index contributed by atoms with van der Waals surface area (Å²) in [4.78, 5) is 22.6. The highest BCUT2D eigenvalue weighted by Gasteiger charge is 2.17. The molecule has 0 aliphatic heterocycles. The predicted molar refractivity (Wildman–Crippen MR) is 129 cm³/mol. The van der Waals surface area contributed by atoms with Gasteiger partial charge in [0, 0.05) is 49.3 Å². The summed E-state index contributed by atoms with van der Waals surface area (Å²) in [7, 11) is 0. The van der Waals surface area contributed by atoms with Crippen molar-refractivity contribution in [3.63, 3.8) is 0 Å². The number of hydrogen-bond donors (Lipinski definition) is 0. The van der Waals surface area contributed by atoms with Crippen LogP contribution in [0.4, 0.5) is 0 Å². The van der Waals surface area contributed by atoms with Gasteiger partial charge in [-0.25, -0.2) is 15.0 Å². The van der Waals surface area contributed by atoms with Crippen LogP contribution in [0.5, 0.6) is 0 Å². The number of aromatic nitrogens is 8. The molecule has 0 saturated carbocycles. The fourth-order valence-electron chi connectivity index (χ4n) is 3.95. The van der Waals surface area contributed by atoms with Gasteiger partial charge in [-0.15, -0.1) is 0 Å². The van der Waals surface area contributed by atoms with E-state index in [1.807, 2.05) is 46.1 Å². The van der Waals surface area contributed by atoms with Crippen LogP contribution in [0.15, 0.2) is 87.3 Å². The van der Waals surface area contributed by atoms with E-state index in [2.05, 4.69) is 39.8 Å². The largest absolute Gasteiger partial charge is 0.306 e. The molecular formula is C25H18N8. The molecule has 0 spiro atoms. The Labute approximate surface area is 188 Å².